The van der Waals surface area contributed by atoms with Gasteiger partial charge in [0.05, 0.1) is 11.0 Å². The van der Waals surface area contributed by atoms with Gasteiger partial charge in [-0.15, -0.1) is 0 Å². The molecule has 2 heterocycles. The Kier molecular flexibility index (Phi) is 4.01. The lowest BCUT2D eigenvalue weighted by molar-refractivity contribution is -0.384. The number of nitro groups is 1. The van der Waals surface area contributed by atoms with E-state index < -0.39 is 4.92 Å². The fraction of sp³-hybridized carbons (Fsp3) is 0.500. The highest BCUT2D eigenvalue weighted by Gasteiger charge is 2.14. The lowest BCUT2D eigenvalue weighted by atomic mass is 9.96. The van der Waals surface area contributed by atoms with Crippen LogP contribution in [0.3, 0.4) is 0 Å². The molecular weight excluding hydrogens is 272 g/mol. The van der Waals surface area contributed by atoms with Gasteiger partial charge in [-0.05, 0) is 44.3 Å². The lowest BCUT2D eigenvalue weighted by Gasteiger charge is -2.22. The summed E-state index contributed by atoms with van der Waals surface area (Å²) in [4.78, 5) is 14.6. The number of nitrogens with one attached hydrogen (secondary N) is 2. The predicted molar refractivity (Wildman–Crippen MR) is 79.4 cm³/mol. The van der Waals surface area contributed by atoms with Crippen molar-refractivity contribution in [1.82, 2.24) is 10.3 Å². The predicted octanol–water partition coefficient (Wildman–Crippen LogP) is 2.54. The zero-order chi connectivity index (χ0) is 14.7. The largest absolute Gasteiger partial charge is 0.423 e. The summed E-state index contributed by atoms with van der Waals surface area (Å²) < 4.78 is 5.51. The number of aromatic nitrogens is 1. The van der Waals surface area contributed by atoms with E-state index in [1.807, 2.05) is 0 Å². The highest BCUT2D eigenvalue weighted by atomic mass is 16.6. The van der Waals surface area contributed by atoms with Gasteiger partial charge in [0.1, 0.15) is 5.52 Å². The van der Waals surface area contributed by atoms with Crippen LogP contribution in [-0.2, 0) is 0 Å². The Balaban J connectivity index is 1.60. The molecule has 2 N–H and O–H groups in total. The molecular formula is C14H18N4O3. The van der Waals surface area contributed by atoms with E-state index in [4.69, 9.17) is 4.42 Å². The molecule has 1 fully saturated rings. The Morgan fingerprint density at radius 1 is 1.52 bits per heavy atom. The summed E-state index contributed by atoms with van der Waals surface area (Å²) in [5, 5.41) is 17.3. The summed E-state index contributed by atoms with van der Waals surface area (Å²) in [5.74, 6) is 0.691. The van der Waals surface area contributed by atoms with E-state index in [9.17, 15) is 10.1 Å². The van der Waals surface area contributed by atoms with Crippen molar-refractivity contribution < 1.29 is 9.34 Å². The van der Waals surface area contributed by atoms with E-state index in [0.29, 0.717) is 23.0 Å². The van der Waals surface area contributed by atoms with E-state index in [1.54, 1.807) is 6.07 Å². The van der Waals surface area contributed by atoms with Crippen molar-refractivity contribution >= 4 is 22.8 Å². The first kappa shape index (κ1) is 13.8. The van der Waals surface area contributed by atoms with Crippen molar-refractivity contribution in [2.75, 3.05) is 25.0 Å². The number of piperidine rings is 1. The second-order valence-electron chi connectivity index (χ2n) is 5.36. The Morgan fingerprint density at radius 3 is 3.19 bits per heavy atom. The third-order valence-electron chi connectivity index (χ3n) is 3.81. The van der Waals surface area contributed by atoms with E-state index in [0.717, 1.165) is 26.1 Å². The van der Waals surface area contributed by atoms with Crippen LogP contribution in [0.15, 0.2) is 22.6 Å². The average Bonchev–Trinajstić information content (AvgIpc) is 2.90. The SMILES string of the molecule is O=[N+]([O-])c1ccc2nc(NCCC3CCCNC3)oc2c1. The molecule has 1 aromatic heterocycles. The van der Waals surface area contributed by atoms with Gasteiger partial charge in [-0.25, -0.2) is 0 Å². The zero-order valence-electron chi connectivity index (χ0n) is 11.7. The van der Waals surface area contributed by atoms with Crippen LogP contribution in [0.1, 0.15) is 19.3 Å². The van der Waals surface area contributed by atoms with Crippen LogP contribution in [0, 0.1) is 16.0 Å². The molecule has 112 valence electrons. The molecule has 0 radical (unpaired) electrons. The van der Waals surface area contributed by atoms with E-state index in [-0.39, 0.29) is 5.69 Å². The highest BCUT2D eigenvalue weighted by molar-refractivity contribution is 5.77. The fourth-order valence-electron chi connectivity index (χ4n) is 2.66. The number of hydrogen-bond acceptors (Lipinski definition) is 6. The first-order valence-corrected chi connectivity index (χ1v) is 7.22. The molecule has 0 spiro atoms. The minimum atomic E-state index is -0.439. The van der Waals surface area contributed by atoms with Crippen LogP contribution >= 0.6 is 0 Å². The number of non-ortho nitro benzene ring substituents is 1. The summed E-state index contributed by atoms with van der Waals surface area (Å²) in [7, 11) is 0. The van der Waals surface area contributed by atoms with Crippen molar-refractivity contribution in [1.29, 1.82) is 0 Å². The van der Waals surface area contributed by atoms with Gasteiger partial charge in [0.25, 0.3) is 11.7 Å². The van der Waals surface area contributed by atoms with Gasteiger partial charge in [0.2, 0.25) is 0 Å². The van der Waals surface area contributed by atoms with Crippen LogP contribution in [0.5, 0.6) is 0 Å². The van der Waals surface area contributed by atoms with Crippen molar-refractivity contribution in [3.05, 3.63) is 28.3 Å². The molecule has 7 heteroatoms. The molecule has 1 saturated heterocycles. The molecule has 3 rings (SSSR count). The smallest absolute Gasteiger partial charge is 0.295 e. The van der Waals surface area contributed by atoms with Crippen molar-refractivity contribution in [2.45, 2.75) is 19.3 Å². The maximum Gasteiger partial charge on any atom is 0.295 e. The van der Waals surface area contributed by atoms with Gasteiger partial charge in [-0.3, -0.25) is 10.1 Å². The van der Waals surface area contributed by atoms with Crippen LogP contribution in [-0.4, -0.2) is 29.5 Å². The number of nitro benzene ring substituents is 1. The normalized spacial score (nSPS) is 18.8. The Hall–Kier alpha value is -2.15. The molecule has 1 aliphatic heterocycles. The molecule has 2 aromatic rings. The summed E-state index contributed by atoms with van der Waals surface area (Å²) >= 11 is 0. The maximum absolute atomic E-state index is 10.7. The number of rotatable bonds is 5. The average molecular weight is 290 g/mol. The molecule has 7 nitrogen and oxygen atoms in total. The first-order chi connectivity index (χ1) is 10.2. The third-order valence-corrected chi connectivity index (χ3v) is 3.81. The minimum absolute atomic E-state index is 0.0125. The Bertz CT molecular complexity index is 634. The van der Waals surface area contributed by atoms with Gasteiger partial charge in [-0.1, -0.05) is 0 Å². The second kappa shape index (κ2) is 6.09. The zero-order valence-corrected chi connectivity index (χ0v) is 11.7. The quantitative estimate of drug-likeness (QED) is 0.649. The van der Waals surface area contributed by atoms with Crippen molar-refractivity contribution in [3.63, 3.8) is 0 Å². The topological polar surface area (TPSA) is 93.2 Å². The van der Waals surface area contributed by atoms with E-state index in [1.165, 1.54) is 25.0 Å². The number of fused-ring (bicyclic) bond motifs is 1. The molecule has 0 saturated carbocycles. The van der Waals surface area contributed by atoms with Crippen molar-refractivity contribution in [2.24, 2.45) is 5.92 Å². The summed E-state index contributed by atoms with van der Waals surface area (Å²) in [6.07, 6.45) is 3.55. The Labute approximate surface area is 121 Å². The van der Waals surface area contributed by atoms with Gasteiger partial charge in [0.15, 0.2) is 5.58 Å². The van der Waals surface area contributed by atoms with E-state index in [2.05, 4.69) is 15.6 Å². The molecule has 0 aliphatic carbocycles. The highest BCUT2D eigenvalue weighted by Crippen LogP contribution is 2.24. The van der Waals surface area contributed by atoms with Crippen LogP contribution in [0.2, 0.25) is 0 Å². The fourth-order valence-corrected chi connectivity index (χ4v) is 2.66. The minimum Gasteiger partial charge on any atom is -0.423 e. The first-order valence-electron chi connectivity index (χ1n) is 7.22. The number of benzene rings is 1. The summed E-state index contributed by atoms with van der Waals surface area (Å²) in [6.45, 7) is 2.98. The molecule has 21 heavy (non-hydrogen) atoms. The monoisotopic (exact) mass is 290 g/mol. The van der Waals surface area contributed by atoms with E-state index >= 15 is 0 Å². The summed E-state index contributed by atoms with van der Waals surface area (Å²) in [5.41, 5.74) is 1.08. The molecule has 1 aliphatic rings. The van der Waals surface area contributed by atoms with Gasteiger partial charge in [0, 0.05) is 12.6 Å². The van der Waals surface area contributed by atoms with Gasteiger partial charge in [-0.2, -0.15) is 4.98 Å². The molecule has 0 bridgehead atoms. The van der Waals surface area contributed by atoms with Gasteiger partial charge < -0.3 is 15.1 Å². The third kappa shape index (κ3) is 3.30. The molecule has 1 unspecified atom stereocenters. The van der Waals surface area contributed by atoms with Crippen molar-refractivity contribution in [3.8, 4) is 0 Å². The number of hydrogen-bond donors (Lipinski definition) is 2. The number of nitrogens with zero attached hydrogens (tertiary/aromatic N) is 2. The number of anilines is 1. The molecule has 1 atom stereocenters. The Morgan fingerprint density at radius 2 is 2.43 bits per heavy atom. The standard InChI is InChI=1S/C14H18N4O3/c19-18(20)11-3-4-12-13(8-11)21-14(17-12)16-7-5-10-2-1-6-15-9-10/h3-4,8,10,15H,1-2,5-7,9H2,(H,16,17). The molecule has 1 aromatic carbocycles. The van der Waals surface area contributed by atoms with Crippen LogP contribution < -0.4 is 10.6 Å². The molecule has 0 amide bonds. The lowest BCUT2D eigenvalue weighted by Crippen LogP contribution is -2.30. The van der Waals surface area contributed by atoms with Gasteiger partial charge >= 0.3 is 0 Å². The number of oxazole rings is 1. The van der Waals surface area contributed by atoms with Crippen LogP contribution in [0.25, 0.3) is 11.1 Å². The maximum atomic E-state index is 10.7. The van der Waals surface area contributed by atoms with Crippen LogP contribution in [0.4, 0.5) is 11.7 Å². The summed E-state index contributed by atoms with van der Waals surface area (Å²) in [6, 6.07) is 4.86. The second-order valence-corrected chi connectivity index (χ2v) is 5.36.